The first-order chi connectivity index (χ1) is 8.54. The Balaban J connectivity index is 0.00000137. The van der Waals surface area contributed by atoms with E-state index in [0.717, 1.165) is 5.75 Å². The van der Waals surface area contributed by atoms with Crippen molar-refractivity contribution in [3.05, 3.63) is 28.8 Å². The third-order valence-corrected chi connectivity index (χ3v) is 2.70. The van der Waals surface area contributed by atoms with Gasteiger partial charge in [0.2, 0.25) is 0 Å². The summed E-state index contributed by atoms with van der Waals surface area (Å²) in [6.45, 7) is 10.5. The van der Waals surface area contributed by atoms with Crippen molar-refractivity contribution in [1.29, 1.82) is 0 Å². The van der Waals surface area contributed by atoms with Crippen LogP contribution in [0.5, 0.6) is 5.75 Å². The minimum absolute atomic E-state index is 0.249. The molecule has 0 aliphatic carbocycles. The van der Waals surface area contributed by atoms with Gasteiger partial charge in [-0.15, -0.1) is 0 Å². The van der Waals surface area contributed by atoms with Crippen LogP contribution in [0.4, 0.5) is 0 Å². The van der Waals surface area contributed by atoms with E-state index in [0.29, 0.717) is 6.61 Å². The number of ether oxygens (including phenoxy) is 2. The van der Waals surface area contributed by atoms with Crippen molar-refractivity contribution >= 4 is 5.97 Å². The SMILES string of the molecule is CC.COC(=O)CCOc1cc(C)c(C)c(C)c1. The van der Waals surface area contributed by atoms with Crippen LogP contribution in [0.1, 0.15) is 37.0 Å². The van der Waals surface area contributed by atoms with Crippen molar-refractivity contribution in [2.75, 3.05) is 13.7 Å². The average molecular weight is 252 g/mol. The largest absolute Gasteiger partial charge is 0.493 e. The monoisotopic (exact) mass is 252 g/mol. The fourth-order valence-electron chi connectivity index (χ4n) is 1.43. The van der Waals surface area contributed by atoms with Crippen LogP contribution in [0.3, 0.4) is 0 Å². The van der Waals surface area contributed by atoms with Gasteiger partial charge in [-0.3, -0.25) is 4.79 Å². The van der Waals surface area contributed by atoms with Gasteiger partial charge in [-0.2, -0.15) is 0 Å². The molecule has 0 aliphatic heterocycles. The molecule has 1 aromatic carbocycles. The van der Waals surface area contributed by atoms with E-state index < -0.39 is 0 Å². The summed E-state index contributed by atoms with van der Waals surface area (Å²) in [5.74, 6) is 0.560. The zero-order valence-corrected chi connectivity index (χ0v) is 12.3. The minimum Gasteiger partial charge on any atom is -0.493 e. The minimum atomic E-state index is -0.249. The molecule has 0 N–H and O–H groups in total. The molecule has 0 aromatic heterocycles. The molecule has 0 aliphatic rings. The average Bonchev–Trinajstić information content (AvgIpc) is 2.38. The van der Waals surface area contributed by atoms with Gasteiger partial charge in [-0.25, -0.2) is 0 Å². The Kier molecular flexibility index (Phi) is 7.84. The number of carbonyl (C=O) groups is 1. The van der Waals surface area contributed by atoms with E-state index in [1.165, 1.54) is 23.8 Å². The van der Waals surface area contributed by atoms with Crippen LogP contribution < -0.4 is 4.74 Å². The lowest BCUT2D eigenvalue weighted by Gasteiger charge is -2.10. The second-order valence-electron chi connectivity index (χ2n) is 3.86. The molecule has 102 valence electrons. The Morgan fingerprint density at radius 3 is 2.06 bits per heavy atom. The summed E-state index contributed by atoms with van der Waals surface area (Å²) in [7, 11) is 1.38. The molecule has 1 rings (SSSR count). The van der Waals surface area contributed by atoms with Gasteiger partial charge in [0.25, 0.3) is 0 Å². The molecule has 0 radical (unpaired) electrons. The van der Waals surface area contributed by atoms with E-state index in [9.17, 15) is 4.79 Å². The lowest BCUT2D eigenvalue weighted by Crippen LogP contribution is -2.07. The van der Waals surface area contributed by atoms with E-state index >= 15 is 0 Å². The molecule has 1 aromatic rings. The summed E-state index contributed by atoms with van der Waals surface area (Å²) in [6.07, 6.45) is 0.280. The molecule has 0 saturated heterocycles. The van der Waals surface area contributed by atoms with Crippen molar-refractivity contribution in [2.45, 2.75) is 41.0 Å². The predicted octanol–water partition coefficient (Wildman–Crippen LogP) is 3.58. The molecule has 0 atom stereocenters. The molecular formula is C15H24O3. The first-order valence-corrected chi connectivity index (χ1v) is 6.32. The maximum Gasteiger partial charge on any atom is 0.308 e. The predicted molar refractivity (Wildman–Crippen MR) is 74.1 cm³/mol. The van der Waals surface area contributed by atoms with Gasteiger partial charge in [-0.05, 0) is 49.6 Å². The molecule has 0 fully saturated rings. The van der Waals surface area contributed by atoms with Crippen molar-refractivity contribution < 1.29 is 14.3 Å². The van der Waals surface area contributed by atoms with E-state index in [1.807, 2.05) is 26.0 Å². The summed E-state index contributed by atoms with van der Waals surface area (Å²) in [4.78, 5) is 10.9. The van der Waals surface area contributed by atoms with E-state index in [2.05, 4.69) is 25.5 Å². The first kappa shape index (κ1) is 16.5. The normalized spacial score (nSPS) is 9.22. The van der Waals surface area contributed by atoms with Gasteiger partial charge >= 0.3 is 5.97 Å². The number of hydrogen-bond donors (Lipinski definition) is 0. The summed E-state index contributed by atoms with van der Waals surface area (Å²) >= 11 is 0. The number of hydrogen-bond acceptors (Lipinski definition) is 3. The Hall–Kier alpha value is -1.51. The van der Waals surface area contributed by atoms with Crippen LogP contribution >= 0.6 is 0 Å². The highest BCUT2D eigenvalue weighted by Crippen LogP contribution is 2.20. The van der Waals surface area contributed by atoms with Gasteiger partial charge in [-0.1, -0.05) is 13.8 Å². The highest BCUT2D eigenvalue weighted by Gasteiger charge is 2.04. The molecule has 18 heavy (non-hydrogen) atoms. The standard InChI is InChI=1S/C13H18O3.C2H6/c1-9-7-12(8-10(2)11(9)3)16-6-5-13(14)15-4;1-2/h7-8H,5-6H2,1-4H3;1-2H3. The van der Waals surface area contributed by atoms with Crippen LogP contribution in [0.2, 0.25) is 0 Å². The third kappa shape index (κ3) is 5.21. The van der Waals surface area contributed by atoms with Gasteiger partial charge in [0.15, 0.2) is 0 Å². The van der Waals surface area contributed by atoms with Crippen LogP contribution in [-0.4, -0.2) is 19.7 Å². The number of rotatable bonds is 4. The Morgan fingerprint density at radius 2 is 1.61 bits per heavy atom. The molecule has 0 unspecified atom stereocenters. The fourth-order valence-corrected chi connectivity index (χ4v) is 1.43. The van der Waals surface area contributed by atoms with Gasteiger partial charge in [0.05, 0.1) is 20.1 Å². The maximum absolute atomic E-state index is 10.9. The maximum atomic E-state index is 10.9. The zero-order chi connectivity index (χ0) is 14.1. The van der Waals surface area contributed by atoms with Crippen molar-refractivity contribution in [1.82, 2.24) is 0 Å². The summed E-state index contributed by atoms with van der Waals surface area (Å²) in [5, 5.41) is 0. The van der Waals surface area contributed by atoms with Gasteiger partial charge in [0.1, 0.15) is 5.75 Å². The molecule has 0 amide bonds. The lowest BCUT2D eigenvalue weighted by molar-refractivity contribution is -0.141. The third-order valence-electron chi connectivity index (χ3n) is 2.70. The van der Waals surface area contributed by atoms with Crippen LogP contribution in [0.25, 0.3) is 0 Å². The lowest BCUT2D eigenvalue weighted by atomic mass is 10.0. The topological polar surface area (TPSA) is 35.5 Å². The fraction of sp³-hybridized carbons (Fsp3) is 0.533. The number of esters is 1. The molecule has 3 heteroatoms. The van der Waals surface area contributed by atoms with Crippen molar-refractivity contribution in [2.24, 2.45) is 0 Å². The number of methoxy groups -OCH3 is 1. The molecule has 0 heterocycles. The van der Waals surface area contributed by atoms with Crippen LogP contribution in [-0.2, 0) is 9.53 Å². The highest BCUT2D eigenvalue weighted by molar-refractivity contribution is 5.69. The Morgan fingerprint density at radius 1 is 1.11 bits per heavy atom. The molecule has 0 saturated carbocycles. The van der Waals surface area contributed by atoms with Crippen LogP contribution in [0.15, 0.2) is 12.1 Å². The number of benzene rings is 1. The zero-order valence-electron chi connectivity index (χ0n) is 12.3. The smallest absolute Gasteiger partial charge is 0.308 e. The Bertz CT molecular complexity index is 360. The summed E-state index contributed by atoms with van der Waals surface area (Å²) in [6, 6.07) is 3.97. The first-order valence-electron chi connectivity index (χ1n) is 6.32. The van der Waals surface area contributed by atoms with Crippen LogP contribution in [0, 0.1) is 20.8 Å². The number of carbonyl (C=O) groups excluding carboxylic acids is 1. The van der Waals surface area contributed by atoms with Gasteiger partial charge < -0.3 is 9.47 Å². The summed E-state index contributed by atoms with van der Waals surface area (Å²) < 4.78 is 10.0. The Labute approximate surface area is 110 Å². The summed E-state index contributed by atoms with van der Waals surface area (Å²) in [5.41, 5.74) is 3.68. The van der Waals surface area contributed by atoms with E-state index in [4.69, 9.17) is 4.74 Å². The molecular weight excluding hydrogens is 228 g/mol. The highest BCUT2D eigenvalue weighted by atomic mass is 16.5. The quantitative estimate of drug-likeness (QED) is 0.768. The molecule has 0 bridgehead atoms. The molecule has 3 nitrogen and oxygen atoms in total. The van der Waals surface area contributed by atoms with Crippen molar-refractivity contribution in [3.63, 3.8) is 0 Å². The van der Waals surface area contributed by atoms with Crippen molar-refractivity contribution in [3.8, 4) is 5.75 Å². The van der Waals surface area contributed by atoms with E-state index in [-0.39, 0.29) is 12.4 Å². The second kappa shape index (κ2) is 8.56. The van der Waals surface area contributed by atoms with Gasteiger partial charge in [0, 0.05) is 0 Å². The second-order valence-corrected chi connectivity index (χ2v) is 3.86. The number of aryl methyl sites for hydroxylation is 2. The molecule has 0 spiro atoms. The van der Waals surface area contributed by atoms with E-state index in [1.54, 1.807) is 0 Å².